The van der Waals surface area contributed by atoms with Crippen molar-refractivity contribution in [3.8, 4) is 6.07 Å². The molecule has 0 saturated carbocycles. The Hall–Kier alpha value is -1.63. The first kappa shape index (κ1) is 7.48. The lowest BCUT2D eigenvalue weighted by Crippen LogP contribution is -2.02. The zero-order valence-electron chi connectivity index (χ0n) is 6.20. The van der Waals surface area contributed by atoms with Crippen LogP contribution in [0.3, 0.4) is 0 Å². The molecule has 4 heteroatoms. The SMILES string of the molecule is CCNc1nnccc1C#N. The lowest BCUT2D eigenvalue weighted by Gasteiger charge is -2.00. The average Bonchev–Trinajstić information content (AvgIpc) is 2.06. The van der Waals surface area contributed by atoms with Crippen LogP contribution in [0.15, 0.2) is 12.3 Å². The molecule has 1 heterocycles. The molecule has 4 nitrogen and oxygen atoms in total. The molecule has 0 fully saturated rings. The van der Waals surface area contributed by atoms with Gasteiger partial charge in [-0.05, 0) is 13.0 Å². The fourth-order valence-corrected chi connectivity index (χ4v) is 0.720. The molecule has 0 aliphatic carbocycles. The van der Waals surface area contributed by atoms with E-state index in [1.54, 1.807) is 6.07 Å². The van der Waals surface area contributed by atoms with Crippen LogP contribution in [0.2, 0.25) is 0 Å². The third-order valence-electron chi connectivity index (χ3n) is 1.19. The molecule has 1 aromatic heterocycles. The highest BCUT2D eigenvalue weighted by atomic mass is 15.2. The predicted octanol–water partition coefficient (Wildman–Crippen LogP) is 0.780. The number of nitriles is 1. The summed E-state index contributed by atoms with van der Waals surface area (Å²) in [6.07, 6.45) is 1.50. The maximum atomic E-state index is 8.59. The van der Waals surface area contributed by atoms with Gasteiger partial charge in [-0.2, -0.15) is 10.4 Å². The second kappa shape index (κ2) is 3.52. The summed E-state index contributed by atoms with van der Waals surface area (Å²) >= 11 is 0. The maximum Gasteiger partial charge on any atom is 0.166 e. The van der Waals surface area contributed by atoms with Crippen molar-refractivity contribution < 1.29 is 0 Å². The van der Waals surface area contributed by atoms with Crippen LogP contribution in [0.1, 0.15) is 12.5 Å². The summed E-state index contributed by atoms with van der Waals surface area (Å²) in [6, 6.07) is 3.65. The molecule has 11 heavy (non-hydrogen) atoms. The van der Waals surface area contributed by atoms with Crippen LogP contribution < -0.4 is 5.32 Å². The summed E-state index contributed by atoms with van der Waals surface area (Å²) < 4.78 is 0. The largest absolute Gasteiger partial charge is 0.368 e. The van der Waals surface area contributed by atoms with Gasteiger partial charge in [0.05, 0.1) is 11.8 Å². The van der Waals surface area contributed by atoms with Crippen LogP contribution in [-0.4, -0.2) is 16.7 Å². The highest BCUT2D eigenvalue weighted by molar-refractivity contribution is 5.49. The fourth-order valence-electron chi connectivity index (χ4n) is 0.720. The first-order valence-corrected chi connectivity index (χ1v) is 3.34. The Labute approximate surface area is 64.9 Å². The lowest BCUT2D eigenvalue weighted by atomic mass is 10.3. The fraction of sp³-hybridized carbons (Fsp3) is 0.286. The van der Waals surface area contributed by atoms with Crippen LogP contribution in [-0.2, 0) is 0 Å². The van der Waals surface area contributed by atoms with E-state index < -0.39 is 0 Å². The van der Waals surface area contributed by atoms with E-state index >= 15 is 0 Å². The summed E-state index contributed by atoms with van der Waals surface area (Å²) in [7, 11) is 0. The number of aromatic nitrogens is 2. The Morgan fingerprint density at radius 1 is 1.73 bits per heavy atom. The Morgan fingerprint density at radius 2 is 2.55 bits per heavy atom. The van der Waals surface area contributed by atoms with Crippen LogP contribution in [0.4, 0.5) is 5.82 Å². The van der Waals surface area contributed by atoms with Gasteiger partial charge < -0.3 is 5.32 Å². The average molecular weight is 148 g/mol. The summed E-state index contributed by atoms with van der Waals surface area (Å²) in [6.45, 7) is 2.68. The zero-order chi connectivity index (χ0) is 8.10. The molecule has 56 valence electrons. The van der Waals surface area contributed by atoms with Gasteiger partial charge in [0.2, 0.25) is 0 Å². The normalized spacial score (nSPS) is 8.73. The molecule has 0 radical (unpaired) electrons. The molecule has 0 atom stereocenters. The molecule has 1 rings (SSSR count). The molecule has 0 amide bonds. The highest BCUT2D eigenvalue weighted by Gasteiger charge is 1.99. The maximum absolute atomic E-state index is 8.59. The van der Waals surface area contributed by atoms with Crippen molar-refractivity contribution in [1.29, 1.82) is 5.26 Å². The van der Waals surface area contributed by atoms with Gasteiger partial charge >= 0.3 is 0 Å². The number of hydrogen-bond acceptors (Lipinski definition) is 4. The molecular weight excluding hydrogens is 140 g/mol. The minimum Gasteiger partial charge on any atom is -0.368 e. The third kappa shape index (κ3) is 1.64. The van der Waals surface area contributed by atoms with E-state index in [0.29, 0.717) is 11.4 Å². The standard InChI is InChI=1S/C7H8N4/c1-2-9-7-6(5-8)3-4-10-11-7/h3-4H,2H2,1H3,(H,9,11). The molecule has 1 N–H and O–H groups in total. The summed E-state index contributed by atoms with van der Waals surface area (Å²) in [5.41, 5.74) is 0.529. The van der Waals surface area contributed by atoms with Crippen molar-refractivity contribution in [3.63, 3.8) is 0 Å². The van der Waals surface area contributed by atoms with Gasteiger partial charge in [0.15, 0.2) is 5.82 Å². The topological polar surface area (TPSA) is 61.6 Å². The van der Waals surface area contributed by atoms with E-state index in [9.17, 15) is 0 Å². The highest BCUT2D eigenvalue weighted by Crippen LogP contribution is 2.06. The molecule has 0 unspecified atom stereocenters. The van der Waals surface area contributed by atoms with Gasteiger partial charge in [-0.1, -0.05) is 0 Å². The van der Waals surface area contributed by atoms with Crippen molar-refractivity contribution in [3.05, 3.63) is 17.8 Å². The minimum atomic E-state index is 0.529. The molecule has 0 aliphatic heterocycles. The summed E-state index contributed by atoms with van der Waals surface area (Å²) in [4.78, 5) is 0. The Bertz CT molecular complexity index is 276. The minimum absolute atomic E-state index is 0.529. The van der Waals surface area contributed by atoms with Crippen molar-refractivity contribution in [2.45, 2.75) is 6.92 Å². The van der Waals surface area contributed by atoms with Crippen molar-refractivity contribution in [1.82, 2.24) is 10.2 Å². The number of hydrogen-bond donors (Lipinski definition) is 1. The van der Waals surface area contributed by atoms with Crippen LogP contribution in [0.5, 0.6) is 0 Å². The van der Waals surface area contributed by atoms with Gasteiger partial charge in [0.25, 0.3) is 0 Å². The van der Waals surface area contributed by atoms with E-state index in [0.717, 1.165) is 6.54 Å². The number of rotatable bonds is 2. The molecule has 0 aromatic carbocycles. The Balaban J connectivity index is 2.95. The third-order valence-corrected chi connectivity index (χ3v) is 1.19. The number of nitrogens with zero attached hydrogens (tertiary/aromatic N) is 3. The lowest BCUT2D eigenvalue weighted by molar-refractivity contribution is 1.01. The van der Waals surface area contributed by atoms with Crippen LogP contribution in [0.25, 0.3) is 0 Å². The zero-order valence-corrected chi connectivity index (χ0v) is 6.20. The van der Waals surface area contributed by atoms with Gasteiger partial charge in [-0.3, -0.25) is 0 Å². The van der Waals surface area contributed by atoms with Gasteiger partial charge in [-0.15, -0.1) is 5.10 Å². The van der Waals surface area contributed by atoms with E-state index in [-0.39, 0.29) is 0 Å². The molecule has 1 aromatic rings. The van der Waals surface area contributed by atoms with Crippen LogP contribution >= 0.6 is 0 Å². The van der Waals surface area contributed by atoms with E-state index in [2.05, 4.69) is 15.5 Å². The molecular formula is C7H8N4. The first-order chi connectivity index (χ1) is 5.38. The second-order valence-electron chi connectivity index (χ2n) is 1.94. The number of anilines is 1. The van der Waals surface area contributed by atoms with E-state index in [1.165, 1.54) is 6.20 Å². The van der Waals surface area contributed by atoms with Gasteiger partial charge in [0, 0.05) is 6.54 Å². The van der Waals surface area contributed by atoms with E-state index in [1.807, 2.05) is 13.0 Å². The number of nitrogens with one attached hydrogen (secondary N) is 1. The Kier molecular flexibility index (Phi) is 2.39. The van der Waals surface area contributed by atoms with Crippen molar-refractivity contribution in [2.75, 3.05) is 11.9 Å². The van der Waals surface area contributed by atoms with Crippen LogP contribution in [0, 0.1) is 11.3 Å². The predicted molar refractivity (Wildman–Crippen MR) is 40.9 cm³/mol. The van der Waals surface area contributed by atoms with E-state index in [4.69, 9.17) is 5.26 Å². The molecule has 0 spiro atoms. The monoisotopic (exact) mass is 148 g/mol. The molecule has 0 bridgehead atoms. The molecule has 0 saturated heterocycles. The van der Waals surface area contributed by atoms with Crippen molar-refractivity contribution >= 4 is 5.82 Å². The van der Waals surface area contributed by atoms with Gasteiger partial charge in [-0.25, -0.2) is 0 Å². The van der Waals surface area contributed by atoms with Gasteiger partial charge in [0.1, 0.15) is 6.07 Å². The Morgan fingerprint density at radius 3 is 3.18 bits per heavy atom. The van der Waals surface area contributed by atoms with Crippen molar-refractivity contribution in [2.24, 2.45) is 0 Å². The second-order valence-corrected chi connectivity index (χ2v) is 1.94. The quantitative estimate of drug-likeness (QED) is 0.673. The first-order valence-electron chi connectivity index (χ1n) is 3.34. The smallest absolute Gasteiger partial charge is 0.166 e. The molecule has 0 aliphatic rings. The summed E-state index contributed by atoms with van der Waals surface area (Å²) in [5, 5.41) is 18.9. The summed E-state index contributed by atoms with van der Waals surface area (Å²) in [5.74, 6) is 0.553.